The molecule has 0 aliphatic rings. The van der Waals surface area contributed by atoms with Gasteiger partial charge >= 0.3 is 17.9 Å². The van der Waals surface area contributed by atoms with Crippen LogP contribution in [0, 0.1) is 5.92 Å². The highest BCUT2D eigenvalue weighted by Crippen LogP contribution is 2.16. The SMILES string of the molecule is CCCCCCCCCCCCC(=O)O[C@H](COC(=O)CCCCCCCCC)COC(=O)CCCCCCCCCCCCC(C)CC. The fourth-order valence-corrected chi connectivity index (χ4v) is 6.24. The first-order valence-corrected chi connectivity index (χ1v) is 21.4. The zero-order chi connectivity index (χ0) is 36.0. The van der Waals surface area contributed by atoms with Gasteiger partial charge in [-0.25, -0.2) is 0 Å². The minimum absolute atomic E-state index is 0.0648. The summed E-state index contributed by atoms with van der Waals surface area (Å²) in [6.45, 7) is 8.95. The zero-order valence-corrected chi connectivity index (χ0v) is 33.1. The summed E-state index contributed by atoms with van der Waals surface area (Å²) >= 11 is 0. The van der Waals surface area contributed by atoms with E-state index in [1.165, 1.54) is 128 Å². The molecule has 6 nitrogen and oxygen atoms in total. The molecule has 6 heteroatoms. The third-order valence-corrected chi connectivity index (χ3v) is 9.90. The molecule has 0 saturated carbocycles. The van der Waals surface area contributed by atoms with Crippen LogP contribution in [0.5, 0.6) is 0 Å². The maximum atomic E-state index is 12.6. The van der Waals surface area contributed by atoms with E-state index in [9.17, 15) is 14.4 Å². The molecular weight excluding hydrogens is 612 g/mol. The maximum Gasteiger partial charge on any atom is 0.306 e. The lowest BCUT2D eigenvalue weighted by Crippen LogP contribution is -2.30. The number of ether oxygens (including phenoxy) is 3. The van der Waals surface area contributed by atoms with Gasteiger partial charge in [0.25, 0.3) is 0 Å². The average Bonchev–Trinajstić information content (AvgIpc) is 3.10. The fourth-order valence-electron chi connectivity index (χ4n) is 6.24. The van der Waals surface area contributed by atoms with Crippen molar-refractivity contribution in [3.63, 3.8) is 0 Å². The molecular formula is C43H82O6. The molecule has 0 heterocycles. The van der Waals surface area contributed by atoms with E-state index in [1.807, 2.05) is 0 Å². The minimum Gasteiger partial charge on any atom is -0.462 e. The standard InChI is InChI=1S/C43H82O6/c1-5-8-10-12-14-15-19-24-28-32-36-43(46)49-40(37-47-41(44)34-30-26-21-13-11-9-6-2)38-48-42(45)35-31-27-23-20-17-16-18-22-25-29-33-39(4)7-3/h39-40H,5-38H2,1-4H3/t39?,40-/m1/s1. The largest absolute Gasteiger partial charge is 0.462 e. The highest BCUT2D eigenvalue weighted by Gasteiger charge is 2.19. The van der Waals surface area contributed by atoms with Gasteiger partial charge in [-0.2, -0.15) is 0 Å². The van der Waals surface area contributed by atoms with Crippen LogP contribution in [0.2, 0.25) is 0 Å². The molecule has 0 radical (unpaired) electrons. The summed E-state index contributed by atoms with van der Waals surface area (Å²) in [6, 6.07) is 0. The Morgan fingerprint density at radius 1 is 0.408 bits per heavy atom. The summed E-state index contributed by atoms with van der Waals surface area (Å²) in [5.41, 5.74) is 0. The number of unbranched alkanes of at least 4 members (excludes halogenated alkanes) is 24. The molecule has 0 amide bonds. The Morgan fingerprint density at radius 2 is 0.714 bits per heavy atom. The van der Waals surface area contributed by atoms with Gasteiger partial charge < -0.3 is 14.2 Å². The molecule has 0 rings (SSSR count). The van der Waals surface area contributed by atoms with Crippen molar-refractivity contribution in [2.24, 2.45) is 5.92 Å². The molecule has 49 heavy (non-hydrogen) atoms. The van der Waals surface area contributed by atoms with Gasteiger partial charge in [-0.1, -0.05) is 195 Å². The maximum absolute atomic E-state index is 12.6. The first kappa shape index (κ1) is 47.4. The molecule has 0 N–H and O–H groups in total. The van der Waals surface area contributed by atoms with Crippen LogP contribution in [-0.4, -0.2) is 37.2 Å². The number of hydrogen-bond donors (Lipinski definition) is 0. The van der Waals surface area contributed by atoms with Crippen LogP contribution < -0.4 is 0 Å². The highest BCUT2D eigenvalue weighted by atomic mass is 16.6. The van der Waals surface area contributed by atoms with Crippen LogP contribution in [0.15, 0.2) is 0 Å². The Labute approximate surface area is 304 Å². The quantitative estimate of drug-likeness (QED) is 0.0364. The van der Waals surface area contributed by atoms with Gasteiger partial charge in [0.2, 0.25) is 0 Å². The second-order valence-corrected chi connectivity index (χ2v) is 14.9. The van der Waals surface area contributed by atoms with Gasteiger partial charge in [-0.15, -0.1) is 0 Å². The Morgan fingerprint density at radius 3 is 1.06 bits per heavy atom. The molecule has 0 spiro atoms. The van der Waals surface area contributed by atoms with Crippen molar-refractivity contribution in [3.8, 4) is 0 Å². The minimum atomic E-state index is -0.757. The molecule has 0 bridgehead atoms. The molecule has 0 aromatic heterocycles. The number of carbonyl (C=O) groups is 3. The van der Waals surface area contributed by atoms with E-state index < -0.39 is 6.10 Å². The lowest BCUT2D eigenvalue weighted by molar-refractivity contribution is -0.167. The predicted octanol–water partition coefficient (Wildman–Crippen LogP) is 13.2. The molecule has 0 aliphatic carbocycles. The first-order valence-electron chi connectivity index (χ1n) is 21.4. The lowest BCUT2D eigenvalue weighted by atomic mass is 9.99. The van der Waals surface area contributed by atoms with Gasteiger partial charge in [0.1, 0.15) is 13.2 Å². The van der Waals surface area contributed by atoms with Crippen molar-refractivity contribution in [1.29, 1.82) is 0 Å². The number of carbonyl (C=O) groups excluding carboxylic acids is 3. The van der Waals surface area contributed by atoms with Crippen molar-refractivity contribution in [2.45, 2.75) is 239 Å². The van der Waals surface area contributed by atoms with Crippen LogP contribution in [0.4, 0.5) is 0 Å². The van der Waals surface area contributed by atoms with Crippen molar-refractivity contribution in [1.82, 2.24) is 0 Å². The molecule has 2 atom stereocenters. The molecule has 0 saturated heterocycles. The van der Waals surface area contributed by atoms with Gasteiger partial charge in [-0.05, 0) is 25.2 Å². The average molecular weight is 695 g/mol. The van der Waals surface area contributed by atoms with E-state index in [2.05, 4.69) is 27.7 Å². The summed E-state index contributed by atoms with van der Waals surface area (Å²) in [5.74, 6) is 0.00368. The predicted molar refractivity (Wildman–Crippen MR) is 206 cm³/mol. The van der Waals surface area contributed by atoms with Crippen LogP contribution in [0.1, 0.15) is 233 Å². The Bertz CT molecular complexity index is 738. The van der Waals surface area contributed by atoms with Gasteiger partial charge in [0.15, 0.2) is 6.10 Å². The van der Waals surface area contributed by atoms with Gasteiger partial charge in [-0.3, -0.25) is 14.4 Å². The number of rotatable bonds is 38. The highest BCUT2D eigenvalue weighted by molar-refractivity contribution is 5.71. The van der Waals surface area contributed by atoms with E-state index in [4.69, 9.17) is 14.2 Å². The Balaban J connectivity index is 4.28. The van der Waals surface area contributed by atoms with Crippen molar-refractivity contribution in [2.75, 3.05) is 13.2 Å². The summed E-state index contributed by atoms with van der Waals surface area (Å²) < 4.78 is 16.6. The van der Waals surface area contributed by atoms with Crippen LogP contribution in [-0.2, 0) is 28.6 Å². The fraction of sp³-hybridized carbons (Fsp3) is 0.930. The third kappa shape index (κ3) is 36.0. The number of hydrogen-bond acceptors (Lipinski definition) is 6. The van der Waals surface area contributed by atoms with E-state index in [0.717, 1.165) is 63.7 Å². The summed E-state index contributed by atoms with van der Waals surface area (Å²) in [7, 11) is 0. The summed E-state index contributed by atoms with van der Waals surface area (Å²) in [6.07, 6.45) is 35.2. The molecule has 0 fully saturated rings. The number of esters is 3. The topological polar surface area (TPSA) is 78.9 Å². The Hall–Kier alpha value is -1.59. The van der Waals surface area contributed by atoms with Crippen molar-refractivity contribution in [3.05, 3.63) is 0 Å². The molecule has 0 aliphatic heterocycles. The van der Waals surface area contributed by atoms with Gasteiger partial charge in [0, 0.05) is 19.3 Å². The van der Waals surface area contributed by atoms with Crippen molar-refractivity contribution >= 4 is 17.9 Å². The summed E-state index contributed by atoms with van der Waals surface area (Å²) in [4.78, 5) is 37.4. The lowest BCUT2D eigenvalue weighted by Gasteiger charge is -2.18. The monoisotopic (exact) mass is 695 g/mol. The van der Waals surface area contributed by atoms with E-state index in [-0.39, 0.29) is 31.1 Å². The van der Waals surface area contributed by atoms with Crippen molar-refractivity contribution < 1.29 is 28.6 Å². The summed E-state index contributed by atoms with van der Waals surface area (Å²) in [5, 5.41) is 0. The van der Waals surface area contributed by atoms with E-state index in [1.54, 1.807) is 0 Å². The molecule has 290 valence electrons. The van der Waals surface area contributed by atoms with Crippen LogP contribution in [0.3, 0.4) is 0 Å². The smallest absolute Gasteiger partial charge is 0.306 e. The molecule has 1 unspecified atom stereocenters. The molecule has 0 aromatic rings. The Kier molecular flexibility index (Phi) is 36.4. The second kappa shape index (κ2) is 37.7. The normalized spacial score (nSPS) is 12.5. The van der Waals surface area contributed by atoms with E-state index >= 15 is 0 Å². The first-order chi connectivity index (χ1) is 23.9. The second-order valence-electron chi connectivity index (χ2n) is 14.9. The van der Waals surface area contributed by atoms with Crippen LogP contribution >= 0.6 is 0 Å². The zero-order valence-electron chi connectivity index (χ0n) is 33.1. The third-order valence-electron chi connectivity index (χ3n) is 9.90. The molecule has 0 aromatic carbocycles. The van der Waals surface area contributed by atoms with Crippen LogP contribution in [0.25, 0.3) is 0 Å². The van der Waals surface area contributed by atoms with Gasteiger partial charge in [0.05, 0.1) is 0 Å². The van der Waals surface area contributed by atoms with E-state index in [0.29, 0.717) is 19.3 Å².